The fourth-order valence-corrected chi connectivity index (χ4v) is 3.36. The number of para-hydroxylation sites is 2. The van der Waals surface area contributed by atoms with Crippen molar-refractivity contribution >= 4 is 17.4 Å². The highest BCUT2D eigenvalue weighted by Crippen LogP contribution is 2.30. The monoisotopic (exact) mass is 346 g/mol. The van der Waals surface area contributed by atoms with E-state index in [1.807, 2.05) is 11.8 Å². The zero-order valence-electron chi connectivity index (χ0n) is 15.4. The van der Waals surface area contributed by atoms with Crippen molar-refractivity contribution in [2.24, 2.45) is 0 Å². The Balaban J connectivity index is 1.62. The molecule has 1 atom stereocenters. The Bertz CT molecular complexity index is 566. The van der Waals surface area contributed by atoms with Crippen molar-refractivity contribution in [1.29, 1.82) is 0 Å². The fraction of sp³-hybridized carbons (Fsp3) is 0.632. The average Bonchev–Trinajstić information content (AvgIpc) is 2.68. The summed E-state index contributed by atoms with van der Waals surface area (Å²) in [5.41, 5.74) is 2.55. The Hall–Kier alpha value is -1.95. The van der Waals surface area contributed by atoms with Gasteiger partial charge in [0.2, 0.25) is 0 Å². The summed E-state index contributed by atoms with van der Waals surface area (Å²) in [7, 11) is 0. The Labute approximate surface area is 150 Å². The zero-order chi connectivity index (χ0) is 17.6. The van der Waals surface area contributed by atoms with Crippen LogP contribution in [0.2, 0.25) is 0 Å². The third-order valence-electron chi connectivity index (χ3n) is 5.12. The molecular weight excluding hydrogens is 316 g/mol. The van der Waals surface area contributed by atoms with Gasteiger partial charge in [0.15, 0.2) is 0 Å². The number of morpholine rings is 1. The van der Waals surface area contributed by atoms with E-state index in [1.165, 1.54) is 11.4 Å². The smallest absolute Gasteiger partial charge is 0.317 e. The number of hydrogen-bond donors (Lipinski definition) is 1. The van der Waals surface area contributed by atoms with Gasteiger partial charge in [-0.2, -0.15) is 0 Å². The number of benzene rings is 1. The summed E-state index contributed by atoms with van der Waals surface area (Å²) >= 11 is 0. The minimum absolute atomic E-state index is 0.0652. The molecule has 2 fully saturated rings. The molecule has 6 heteroatoms. The Morgan fingerprint density at radius 2 is 1.60 bits per heavy atom. The van der Waals surface area contributed by atoms with Gasteiger partial charge in [0.1, 0.15) is 0 Å². The first-order valence-electron chi connectivity index (χ1n) is 9.41. The number of rotatable bonds is 4. The summed E-state index contributed by atoms with van der Waals surface area (Å²) in [5, 5.41) is 3.06. The van der Waals surface area contributed by atoms with Gasteiger partial charge in [0.25, 0.3) is 0 Å². The van der Waals surface area contributed by atoms with Crippen molar-refractivity contribution in [2.45, 2.75) is 26.3 Å². The van der Waals surface area contributed by atoms with Crippen LogP contribution in [0.5, 0.6) is 0 Å². The van der Waals surface area contributed by atoms with Crippen molar-refractivity contribution in [2.75, 3.05) is 62.3 Å². The normalized spacial score (nSPS) is 19.7. The maximum absolute atomic E-state index is 12.3. The van der Waals surface area contributed by atoms with E-state index < -0.39 is 0 Å². The second-order valence-corrected chi connectivity index (χ2v) is 6.82. The van der Waals surface area contributed by atoms with Crippen LogP contribution in [-0.4, -0.2) is 69.5 Å². The maximum Gasteiger partial charge on any atom is 0.317 e. The lowest BCUT2D eigenvalue weighted by atomic mass is 10.2. The van der Waals surface area contributed by atoms with Gasteiger partial charge in [-0.15, -0.1) is 0 Å². The van der Waals surface area contributed by atoms with Gasteiger partial charge >= 0.3 is 6.03 Å². The molecule has 0 aromatic heterocycles. The molecule has 0 aliphatic carbocycles. The van der Waals surface area contributed by atoms with Gasteiger partial charge in [-0.25, -0.2) is 4.79 Å². The largest absolute Gasteiger partial charge is 0.378 e. The van der Waals surface area contributed by atoms with Gasteiger partial charge in [-0.3, -0.25) is 0 Å². The molecule has 1 N–H and O–H groups in total. The van der Waals surface area contributed by atoms with Crippen molar-refractivity contribution < 1.29 is 9.53 Å². The molecule has 2 heterocycles. The van der Waals surface area contributed by atoms with E-state index in [1.54, 1.807) is 0 Å². The van der Waals surface area contributed by atoms with Crippen LogP contribution in [0.3, 0.4) is 0 Å². The second kappa shape index (κ2) is 8.43. The molecule has 1 unspecified atom stereocenters. The van der Waals surface area contributed by atoms with Crippen molar-refractivity contribution in [1.82, 2.24) is 10.2 Å². The van der Waals surface area contributed by atoms with E-state index in [0.29, 0.717) is 0 Å². The molecule has 0 bridgehead atoms. The quantitative estimate of drug-likeness (QED) is 0.908. The third kappa shape index (κ3) is 4.37. The third-order valence-corrected chi connectivity index (χ3v) is 5.12. The standard InChI is InChI=1S/C19H30N4O2/c1-3-16(2)20-19(24)23-10-8-21(9-11-23)17-6-4-5-7-18(17)22-12-14-25-15-13-22/h4-7,16H,3,8-15H2,1-2H3,(H,20,24). The average molecular weight is 346 g/mol. The molecule has 1 aromatic rings. The maximum atomic E-state index is 12.3. The molecule has 2 aliphatic heterocycles. The van der Waals surface area contributed by atoms with Gasteiger partial charge in [0, 0.05) is 45.3 Å². The lowest BCUT2D eigenvalue weighted by Gasteiger charge is -2.39. The number of piperazine rings is 1. The predicted molar refractivity (Wildman–Crippen MR) is 102 cm³/mol. The highest BCUT2D eigenvalue weighted by atomic mass is 16.5. The van der Waals surface area contributed by atoms with Crippen molar-refractivity contribution in [3.8, 4) is 0 Å². The number of nitrogens with zero attached hydrogens (tertiary/aromatic N) is 3. The number of carbonyl (C=O) groups is 1. The van der Waals surface area contributed by atoms with E-state index in [0.717, 1.165) is 58.9 Å². The minimum Gasteiger partial charge on any atom is -0.378 e. The summed E-state index contributed by atoms with van der Waals surface area (Å²) in [6.45, 7) is 10.9. The van der Waals surface area contributed by atoms with Crippen LogP contribution in [0, 0.1) is 0 Å². The van der Waals surface area contributed by atoms with Crippen LogP contribution >= 0.6 is 0 Å². The van der Waals surface area contributed by atoms with Crippen LogP contribution in [-0.2, 0) is 4.74 Å². The lowest BCUT2D eigenvalue weighted by molar-refractivity contribution is 0.122. The summed E-state index contributed by atoms with van der Waals surface area (Å²) in [4.78, 5) is 19.0. The number of anilines is 2. The zero-order valence-corrected chi connectivity index (χ0v) is 15.4. The van der Waals surface area contributed by atoms with E-state index >= 15 is 0 Å². The van der Waals surface area contributed by atoms with Crippen LogP contribution in [0.1, 0.15) is 20.3 Å². The molecule has 25 heavy (non-hydrogen) atoms. The van der Waals surface area contributed by atoms with E-state index in [-0.39, 0.29) is 12.1 Å². The highest BCUT2D eigenvalue weighted by molar-refractivity contribution is 5.76. The van der Waals surface area contributed by atoms with Crippen molar-refractivity contribution in [3.05, 3.63) is 24.3 Å². The second-order valence-electron chi connectivity index (χ2n) is 6.82. The number of amides is 2. The molecule has 3 rings (SSSR count). The van der Waals surface area contributed by atoms with E-state index in [9.17, 15) is 4.79 Å². The number of hydrogen-bond acceptors (Lipinski definition) is 4. The van der Waals surface area contributed by atoms with Crippen molar-refractivity contribution in [3.63, 3.8) is 0 Å². The number of nitrogens with one attached hydrogen (secondary N) is 1. The predicted octanol–water partition coefficient (Wildman–Crippen LogP) is 2.15. The van der Waals surface area contributed by atoms with Gasteiger partial charge in [0.05, 0.1) is 24.6 Å². The topological polar surface area (TPSA) is 48.1 Å². The first-order chi connectivity index (χ1) is 12.2. The van der Waals surface area contributed by atoms with E-state index in [2.05, 4.69) is 46.3 Å². The Morgan fingerprint density at radius 3 is 2.16 bits per heavy atom. The molecule has 2 saturated heterocycles. The van der Waals surface area contributed by atoms with Crippen LogP contribution < -0.4 is 15.1 Å². The molecule has 1 aromatic carbocycles. The summed E-state index contributed by atoms with van der Waals surface area (Å²) < 4.78 is 5.48. The summed E-state index contributed by atoms with van der Waals surface area (Å²) in [5.74, 6) is 0. The molecular formula is C19H30N4O2. The minimum atomic E-state index is 0.0652. The molecule has 2 aliphatic rings. The van der Waals surface area contributed by atoms with Gasteiger partial charge in [-0.1, -0.05) is 19.1 Å². The van der Waals surface area contributed by atoms with Gasteiger partial charge in [-0.05, 0) is 25.5 Å². The summed E-state index contributed by atoms with van der Waals surface area (Å²) in [6, 6.07) is 8.89. The molecule has 2 amide bonds. The first-order valence-corrected chi connectivity index (χ1v) is 9.41. The molecule has 0 spiro atoms. The number of carbonyl (C=O) groups excluding carboxylic acids is 1. The number of ether oxygens (including phenoxy) is 1. The Kier molecular flexibility index (Phi) is 6.02. The van der Waals surface area contributed by atoms with Crippen LogP contribution in [0.15, 0.2) is 24.3 Å². The first kappa shape index (κ1) is 17.9. The highest BCUT2D eigenvalue weighted by Gasteiger charge is 2.24. The fourth-order valence-electron chi connectivity index (χ4n) is 3.36. The SMILES string of the molecule is CCC(C)NC(=O)N1CCN(c2ccccc2N2CCOCC2)CC1. The number of urea groups is 1. The summed E-state index contributed by atoms with van der Waals surface area (Å²) in [6.07, 6.45) is 0.957. The van der Waals surface area contributed by atoms with Crippen LogP contribution in [0.25, 0.3) is 0 Å². The van der Waals surface area contributed by atoms with Gasteiger partial charge < -0.3 is 24.8 Å². The lowest BCUT2D eigenvalue weighted by Crippen LogP contribution is -2.53. The Morgan fingerprint density at radius 1 is 1.04 bits per heavy atom. The van der Waals surface area contributed by atoms with Crippen LogP contribution in [0.4, 0.5) is 16.2 Å². The molecule has 138 valence electrons. The van der Waals surface area contributed by atoms with E-state index in [4.69, 9.17) is 4.74 Å². The molecule has 0 saturated carbocycles. The molecule has 0 radical (unpaired) electrons. The molecule has 6 nitrogen and oxygen atoms in total.